The van der Waals surface area contributed by atoms with Crippen molar-refractivity contribution in [3.8, 4) is 5.75 Å². The van der Waals surface area contributed by atoms with Gasteiger partial charge < -0.3 is 15.0 Å². The molecule has 22 heavy (non-hydrogen) atoms. The van der Waals surface area contributed by atoms with Gasteiger partial charge in [-0.2, -0.15) is 0 Å². The highest BCUT2D eigenvalue weighted by atomic mass is 16.5. The van der Waals surface area contributed by atoms with Gasteiger partial charge in [0.2, 0.25) is 5.91 Å². The van der Waals surface area contributed by atoms with Gasteiger partial charge in [0.15, 0.2) is 6.61 Å². The molecule has 1 aromatic carbocycles. The molecule has 0 aromatic heterocycles. The lowest BCUT2D eigenvalue weighted by Gasteiger charge is -2.29. The van der Waals surface area contributed by atoms with E-state index in [1.54, 1.807) is 4.90 Å². The number of carbonyl (C=O) groups is 2. The summed E-state index contributed by atoms with van der Waals surface area (Å²) >= 11 is 0. The van der Waals surface area contributed by atoms with Crippen LogP contribution >= 0.6 is 0 Å². The molecule has 5 nitrogen and oxygen atoms in total. The van der Waals surface area contributed by atoms with E-state index in [1.165, 1.54) is 0 Å². The van der Waals surface area contributed by atoms with Crippen LogP contribution in [0.1, 0.15) is 40.0 Å². The topological polar surface area (TPSA) is 58.6 Å². The minimum atomic E-state index is -0.0355. The molecule has 0 unspecified atom stereocenters. The largest absolute Gasteiger partial charge is 0.482 e. The van der Waals surface area contributed by atoms with Crippen LogP contribution in [-0.2, 0) is 9.59 Å². The quantitative estimate of drug-likeness (QED) is 0.878. The van der Waals surface area contributed by atoms with E-state index in [2.05, 4.69) is 12.2 Å². The minimum Gasteiger partial charge on any atom is -0.482 e. The van der Waals surface area contributed by atoms with E-state index < -0.39 is 0 Å². The lowest BCUT2D eigenvalue weighted by Crippen LogP contribution is -2.39. The van der Waals surface area contributed by atoms with Crippen LogP contribution in [0, 0.1) is 5.92 Å². The number of anilines is 2. The van der Waals surface area contributed by atoms with Crippen LogP contribution in [0.25, 0.3) is 0 Å². The number of ether oxygens (including phenoxy) is 1. The van der Waals surface area contributed by atoms with Crippen molar-refractivity contribution in [2.75, 3.05) is 23.4 Å². The number of carbonyl (C=O) groups excluding carboxylic acids is 2. The molecule has 1 N–H and O–H groups in total. The maximum Gasteiger partial charge on any atom is 0.265 e. The molecule has 0 bridgehead atoms. The van der Waals surface area contributed by atoms with Gasteiger partial charge in [0, 0.05) is 18.7 Å². The van der Waals surface area contributed by atoms with Crippen LogP contribution in [0.5, 0.6) is 5.75 Å². The SMILES string of the molecule is CCCCN1C(=O)COc2ccc(NC(=O)CC(C)C)cc21. The summed E-state index contributed by atoms with van der Waals surface area (Å²) in [5.74, 6) is 0.950. The van der Waals surface area contributed by atoms with Crippen LogP contribution in [0.4, 0.5) is 11.4 Å². The second kappa shape index (κ2) is 7.29. The molecule has 0 saturated heterocycles. The van der Waals surface area contributed by atoms with Gasteiger partial charge in [0.1, 0.15) is 5.75 Å². The van der Waals surface area contributed by atoms with E-state index in [9.17, 15) is 9.59 Å². The monoisotopic (exact) mass is 304 g/mol. The molecule has 2 rings (SSSR count). The molecule has 120 valence electrons. The molecule has 1 aliphatic heterocycles. The summed E-state index contributed by atoms with van der Waals surface area (Å²) in [7, 11) is 0. The van der Waals surface area contributed by atoms with Crippen molar-refractivity contribution < 1.29 is 14.3 Å². The molecular weight excluding hydrogens is 280 g/mol. The van der Waals surface area contributed by atoms with Gasteiger partial charge in [0.05, 0.1) is 5.69 Å². The average molecular weight is 304 g/mol. The van der Waals surface area contributed by atoms with Crippen molar-refractivity contribution in [3.63, 3.8) is 0 Å². The molecule has 2 amide bonds. The zero-order valence-electron chi connectivity index (χ0n) is 13.5. The number of nitrogens with zero attached hydrogens (tertiary/aromatic N) is 1. The summed E-state index contributed by atoms with van der Waals surface area (Å²) in [6, 6.07) is 5.44. The highest BCUT2D eigenvalue weighted by Crippen LogP contribution is 2.34. The first kappa shape index (κ1) is 16.3. The van der Waals surface area contributed by atoms with Crippen molar-refractivity contribution in [1.82, 2.24) is 0 Å². The van der Waals surface area contributed by atoms with E-state index in [0.717, 1.165) is 18.5 Å². The molecule has 5 heteroatoms. The maximum absolute atomic E-state index is 12.1. The fraction of sp³-hybridized carbons (Fsp3) is 0.529. The van der Waals surface area contributed by atoms with Gasteiger partial charge in [-0.15, -0.1) is 0 Å². The molecule has 1 heterocycles. The van der Waals surface area contributed by atoms with Gasteiger partial charge in [0.25, 0.3) is 5.91 Å². The second-order valence-corrected chi connectivity index (χ2v) is 6.02. The normalized spacial score (nSPS) is 13.8. The van der Waals surface area contributed by atoms with Crippen molar-refractivity contribution in [2.45, 2.75) is 40.0 Å². The molecule has 1 aliphatic rings. The summed E-state index contributed by atoms with van der Waals surface area (Å²) < 4.78 is 5.47. The summed E-state index contributed by atoms with van der Waals surface area (Å²) in [6.07, 6.45) is 2.44. The van der Waals surface area contributed by atoms with Gasteiger partial charge in [-0.05, 0) is 30.5 Å². The number of rotatable bonds is 6. The van der Waals surface area contributed by atoms with Crippen LogP contribution in [-0.4, -0.2) is 25.0 Å². The van der Waals surface area contributed by atoms with E-state index in [4.69, 9.17) is 4.74 Å². The van der Waals surface area contributed by atoms with Gasteiger partial charge >= 0.3 is 0 Å². The smallest absolute Gasteiger partial charge is 0.265 e. The minimum absolute atomic E-state index is 0.0156. The lowest BCUT2D eigenvalue weighted by atomic mass is 10.1. The number of hydrogen-bond acceptors (Lipinski definition) is 3. The van der Waals surface area contributed by atoms with E-state index in [0.29, 0.717) is 30.3 Å². The fourth-order valence-corrected chi connectivity index (χ4v) is 2.42. The average Bonchev–Trinajstić information content (AvgIpc) is 2.45. The van der Waals surface area contributed by atoms with Crippen LogP contribution < -0.4 is 15.0 Å². The molecule has 0 radical (unpaired) electrons. The fourth-order valence-electron chi connectivity index (χ4n) is 2.42. The summed E-state index contributed by atoms with van der Waals surface area (Å²) in [4.78, 5) is 25.7. The van der Waals surface area contributed by atoms with Crippen molar-refractivity contribution in [3.05, 3.63) is 18.2 Å². The van der Waals surface area contributed by atoms with Gasteiger partial charge in [-0.1, -0.05) is 27.2 Å². The lowest BCUT2D eigenvalue weighted by molar-refractivity contribution is -0.121. The third-order valence-electron chi connectivity index (χ3n) is 3.51. The number of fused-ring (bicyclic) bond motifs is 1. The Labute approximate surface area is 131 Å². The van der Waals surface area contributed by atoms with E-state index in [1.807, 2.05) is 32.0 Å². The first-order valence-electron chi connectivity index (χ1n) is 7.88. The molecular formula is C17H24N2O3. The highest BCUT2D eigenvalue weighted by Gasteiger charge is 2.25. The number of hydrogen-bond donors (Lipinski definition) is 1. The van der Waals surface area contributed by atoms with Crippen LogP contribution in [0.15, 0.2) is 18.2 Å². The highest BCUT2D eigenvalue weighted by molar-refractivity contribution is 5.99. The van der Waals surface area contributed by atoms with Crippen LogP contribution in [0.3, 0.4) is 0 Å². The number of nitrogens with one attached hydrogen (secondary N) is 1. The molecule has 0 fully saturated rings. The second-order valence-electron chi connectivity index (χ2n) is 6.02. The molecule has 0 saturated carbocycles. The van der Waals surface area contributed by atoms with Crippen molar-refractivity contribution in [1.29, 1.82) is 0 Å². The third kappa shape index (κ3) is 4.00. The van der Waals surface area contributed by atoms with Gasteiger partial charge in [-0.25, -0.2) is 0 Å². The Morgan fingerprint density at radius 1 is 1.41 bits per heavy atom. The Bertz CT molecular complexity index is 555. The zero-order valence-corrected chi connectivity index (χ0v) is 13.5. The molecule has 0 spiro atoms. The summed E-state index contributed by atoms with van der Waals surface area (Å²) in [5, 5.41) is 2.88. The standard InChI is InChI=1S/C17H24N2O3/c1-4-5-8-19-14-10-13(18-16(20)9-12(2)3)6-7-15(14)22-11-17(19)21/h6-7,10,12H,4-5,8-9,11H2,1-3H3,(H,18,20). The van der Waals surface area contributed by atoms with Crippen molar-refractivity contribution >= 4 is 23.2 Å². The summed E-state index contributed by atoms with van der Waals surface area (Å²) in [5.41, 5.74) is 1.44. The molecule has 0 atom stereocenters. The van der Waals surface area contributed by atoms with Crippen molar-refractivity contribution in [2.24, 2.45) is 5.92 Å². The van der Waals surface area contributed by atoms with E-state index >= 15 is 0 Å². The third-order valence-corrected chi connectivity index (χ3v) is 3.51. The number of benzene rings is 1. The maximum atomic E-state index is 12.1. The first-order valence-corrected chi connectivity index (χ1v) is 7.88. The van der Waals surface area contributed by atoms with Crippen LogP contribution in [0.2, 0.25) is 0 Å². The Morgan fingerprint density at radius 3 is 2.86 bits per heavy atom. The Hall–Kier alpha value is -2.04. The van der Waals surface area contributed by atoms with Gasteiger partial charge in [-0.3, -0.25) is 9.59 Å². The molecule has 0 aliphatic carbocycles. The summed E-state index contributed by atoms with van der Waals surface area (Å²) in [6.45, 7) is 6.86. The predicted octanol–water partition coefficient (Wildman–Crippen LogP) is 3.20. The molecule has 1 aromatic rings. The predicted molar refractivity (Wildman–Crippen MR) is 87.3 cm³/mol. The number of amides is 2. The zero-order chi connectivity index (χ0) is 16.1. The Balaban J connectivity index is 2.18. The first-order chi connectivity index (χ1) is 10.5. The Morgan fingerprint density at radius 2 is 2.18 bits per heavy atom. The van der Waals surface area contributed by atoms with E-state index in [-0.39, 0.29) is 18.4 Å². The number of unbranched alkanes of at least 4 members (excludes halogenated alkanes) is 1. The Kier molecular flexibility index (Phi) is 5.41.